The maximum absolute atomic E-state index is 13.0. The summed E-state index contributed by atoms with van der Waals surface area (Å²) in [6.45, 7) is 2.04. The molecular weight excluding hydrogens is 414 g/mol. The molecule has 2 aromatic heterocycles. The molecule has 1 fully saturated rings. The molecule has 0 bridgehead atoms. The highest BCUT2D eigenvalue weighted by Gasteiger charge is 2.28. The second kappa shape index (κ2) is 8.86. The van der Waals surface area contributed by atoms with Gasteiger partial charge < -0.3 is 5.32 Å². The van der Waals surface area contributed by atoms with Crippen molar-refractivity contribution in [2.75, 3.05) is 5.32 Å². The van der Waals surface area contributed by atoms with E-state index in [0.717, 1.165) is 36.1 Å². The highest BCUT2D eigenvalue weighted by atomic mass is 16.1. The molecule has 4 aromatic rings. The van der Waals surface area contributed by atoms with Gasteiger partial charge in [0.2, 0.25) is 5.95 Å². The second-order valence-corrected chi connectivity index (χ2v) is 8.35. The molecule has 2 aromatic carbocycles. The first-order valence-corrected chi connectivity index (χ1v) is 11.3. The molecule has 0 atom stereocenters. The lowest BCUT2D eigenvalue weighted by Gasteiger charge is -2.09. The van der Waals surface area contributed by atoms with E-state index < -0.39 is 0 Å². The summed E-state index contributed by atoms with van der Waals surface area (Å²) in [5.74, 6) is 0.946. The van der Waals surface area contributed by atoms with Crippen LogP contribution < -0.4 is 10.9 Å². The minimum atomic E-state index is -0.245. The lowest BCUT2D eigenvalue weighted by molar-refractivity contribution is 0.102. The maximum atomic E-state index is 13.0. The zero-order valence-corrected chi connectivity index (χ0v) is 18.4. The first-order chi connectivity index (χ1) is 16.1. The Morgan fingerprint density at radius 3 is 2.48 bits per heavy atom. The second-order valence-electron chi connectivity index (χ2n) is 8.35. The van der Waals surface area contributed by atoms with Gasteiger partial charge in [0, 0.05) is 29.3 Å². The summed E-state index contributed by atoms with van der Waals surface area (Å²) in [5.41, 5.74) is 4.04. The van der Waals surface area contributed by atoms with Crippen molar-refractivity contribution >= 4 is 11.7 Å². The Bertz CT molecular complexity index is 1340. The van der Waals surface area contributed by atoms with Gasteiger partial charge in [0.15, 0.2) is 0 Å². The van der Waals surface area contributed by atoms with Crippen molar-refractivity contribution in [1.29, 1.82) is 0 Å². The van der Waals surface area contributed by atoms with Gasteiger partial charge in [-0.2, -0.15) is 9.78 Å². The van der Waals surface area contributed by atoms with Crippen LogP contribution >= 0.6 is 0 Å². The van der Waals surface area contributed by atoms with E-state index in [-0.39, 0.29) is 11.5 Å². The number of nitrogens with one attached hydrogen (secondary N) is 2. The number of hydrogen-bond acceptors (Lipinski definition) is 4. The number of carbonyl (C=O) groups is 1. The van der Waals surface area contributed by atoms with Crippen molar-refractivity contribution < 1.29 is 4.79 Å². The normalized spacial score (nSPS) is 13.1. The molecule has 7 heteroatoms. The molecule has 2 N–H and O–H groups in total. The molecule has 1 saturated carbocycles. The smallest absolute Gasteiger partial charge is 0.256 e. The minimum absolute atomic E-state index is 0.235. The number of anilines is 1. The topological polar surface area (TPSA) is 92.7 Å². The number of carbonyl (C=O) groups excluding carboxylic acids is 1. The molecule has 166 valence electrons. The molecule has 0 saturated heterocycles. The van der Waals surface area contributed by atoms with Gasteiger partial charge in [-0.15, -0.1) is 0 Å². The van der Waals surface area contributed by atoms with Crippen LogP contribution in [0.1, 0.15) is 53.8 Å². The van der Waals surface area contributed by atoms with E-state index in [9.17, 15) is 9.59 Å². The molecular formula is C26H25N5O2. The van der Waals surface area contributed by atoms with Gasteiger partial charge in [-0.25, -0.2) is 4.98 Å². The number of hydrogen-bond donors (Lipinski definition) is 2. The summed E-state index contributed by atoms with van der Waals surface area (Å²) < 4.78 is 1.53. The Hall–Kier alpha value is -4.00. The summed E-state index contributed by atoms with van der Waals surface area (Å²) in [5, 5.41) is 7.61. The van der Waals surface area contributed by atoms with Crippen LogP contribution in [0.5, 0.6) is 0 Å². The Morgan fingerprint density at radius 1 is 1.06 bits per heavy atom. The molecule has 0 spiro atoms. The number of H-pyrrole nitrogens is 1. The zero-order valence-electron chi connectivity index (χ0n) is 18.4. The van der Waals surface area contributed by atoms with E-state index in [2.05, 4.69) is 20.4 Å². The number of nitrogens with zero attached hydrogens (tertiary/aromatic N) is 3. The fourth-order valence-corrected chi connectivity index (χ4v) is 3.84. The first-order valence-electron chi connectivity index (χ1n) is 11.3. The average Bonchev–Trinajstić information content (AvgIpc) is 3.60. The van der Waals surface area contributed by atoms with Crippen LogP contribution in [0, 0.1) is 0 Å². The van der Waals surface area contributed by atoms with Crippen molar-refractivity contribution in [3.05, 3.63) is 94.0 Å². The number of aromatic amines is 1. The van der Waals surface area contributed by atoms with E-state index in [1.807, 2.05) is 67.6 Å². The van der Waals surface area contributed by atoms with E-state index in [0.29, 0.717) is 35.4 Å². The largest absolute Gasteiger partial charge is 0.306 e. The van der Waals surface area contributed by atoms with Gasteiger partial charge in [0.25, 0.3) is 11.5 Å². The van der Waals surface area contributed by atoms with Crippen LogP contribution in [0.2, 0.25) is 0 Å². The van der Waals surface area contributed by atoms with Gasteiger partial charge in [0.1, 0.15) is 5.82 Å². The SMILES string of the molecule is CCCc1cc(=O)[nH]c(-n2nc(C3CC3)cc2NC(=O)c2ccc(-c3ccccc3)cc2)n1. The van der Waals surface area contributed by atoms with Crippen LogP contribution in [-0.4, -0.2) is 25.7 Å². The lowest BCUT2D eigenvalue weighted by atomic mass is 10.0. The summed E-state index contributed by atoms with van der Waals surface area (Å²) in [6, 6.07) is 20.9. The Balaban J connectivity index is 1.44. The fourth-order valence-electron chi connectivity index (χ4n) is 3.84. The third kappa shape index (κ3) is 4.62. The number of aromatic nitrogens is 4. The van der Waals surface area contributed by atoms with Gasteiger partial charge in [-0.05, 0) is 42.5 Å². The van der Waals surface area contributed by atoms with Gasteiger partial charge in [-0.3, -0.25) is 14.6 Å². The summed E-state index contributed by atoms with van der Waals surface area (Å²) in [4.78, 5) is 32.5. The van der Waals surface area contributed by atoms with Crippen LogP contribution in [0.25, 0.3) is 17.1 Å². The molecule has 1 amide bonds. The van der Waals surface area contributed by atoms with E-state index in [4.69, 9.17) is 0 Å². The molecule has 7 nitrogen and oxygen atoms in total. The fraction of sp³-hybridized carbons (Fsp3) is 0.231. The van der Waals surface area contributed by atoms with Crippen LogP contribution in [0.3, 0.4) is 0 Å². The van der Waals surface area contributed by atoms with Crippen molar-refractivity contribution in [2.45, 2.75) is 38.5 Å². The molecule has 0 unspecified atom stereocenters. The van der Waals surface area contributed by atoms with E-state index >= 15 is 0 Å². The summed E-state index contributed by atoms with van der Waals surface area (Å²) in [6.07, 6.45) is 3.73. The standard InChI is InChI=1S/C26H25N5O2/c1-2-6-21-15-24(32)29-26(27-21)31-23(16-22(30-31)19-11-12-19)28-25(33)20-13-9-18(10-14-20)17-7-4-3-5-8-17/h3-5,7-10,13-16,19H,2,6,11-12H2,1H3,(H,28,33)(H,27,29,32). The van der Waals surface area contributed by atoms with Crippen molar-refractivity contribution in [3.63, 3.8) is 0 Å². The summed E-state index contributed by atoms with van der Waals surface area (Å²) >= 11 is 0. The molecule has 1 aliphatic rings. The van der Waals surface area contributed by atoms with Crippen molar-refractivity contribution in [1.82, 2.24) is 19.7 Å². The number of amides is 1. The predicted octanol–water partition coefficient (Wildman–Crippen LogP) is 4.70. The van der Waals surface area contributed by atoms with E-state index in [1.54, 1.807) is 0 Å². The van der Waals surface area contributed by atoms with Gasteiger partial charge in [-0.1, -0.05) is 55.8 Å². The maximum Gasteiger partial charge on any atom is 0.256 e. The minimum Gasteiger partial charge on any atom is -0.306 e. The first kappa shape index (κ1) is 20.9. The average molecular weight is 440 g/mol. The highest BCUT2D eigenvalue weighted by molar-refractivity contribution is 6.04. The lowest BCUT2D eigenvalue weighted by Crippen LogP contribution is -2.19. The molecule has 5 rings (SSSR count). The Kier molecular flexibility index (Phi) is 5.60. The predicted molar refractivity (Wildman–Crippen MR) is 128 cm³/mol. The quantitative estimate of drug-likeness (QED) is 0.436. The van der Waals surface area contributed by atoms with Gasteiger partial charge in [0.05, 0.1) is 5.69 Å². The molecule has 1 aliphatic carbocycles. The molecule has 0 radical (unpaired) electrons. The molecule has 33 heavy (non-hydrogen) atoms. The zero-order chi connectivity index (χ0) is 22.8. The Morgan fingerprint density at radius 2 is 1.79 bits per heavy atom. The number of rotatable bonds is 7. The highest BCUT2D eigenvalue weighted by Crippen LogP contribution is 2.40. The van der Waals surface area contributed by atoms with Crippen LogP contribution in [0.15, 0.2) is 71.5 Å². The summed E-state index contributed by atoms with van der Waals surface area (Å²) in [7, 11) is 0. The van der Waals surface area contributed by atoms with Crippen LogP contribution in [0.4, 0.5) is 5.82 Å². The molecule has 0 aliphatic heterocycles. The molecule has 2 heterocycles. The van der Waals surface area contributed by atoms with Gasteiger partial charge >= 0.3 is 0 Å². The third-order valence-electron chi connectivity index (χ3n) is 5.71. The van der Waals surface area contributed by atoms with Crippen LogP contribution in [-0.2, 0) is 6.42 Å². The number of aryl methyl sites for hydroxylation is 1. The number of benzene rings is 2. The van der Waals surface area contributed by atoms with Crippen molar-refractivity contribution in [2.24, 2.45) is 0 Å². The van der Waals surface area contributed by atoms with Crippen molar-refractivity contribution in [3.8, 4) is 17.1 Å². The Labute approximate surface area is 191 Å². The monoisotopic (exact) mass is 439 g/mol. The van der Waals surface area contributed by atoms with E-state index in [1.165, 1.54) is 10.7 Å². The third-order valence-corrected chi connectivity index (χ3v) is 5.71.